The van der Waals surface area contributed by atoms with Crippen molar-refractivity contribution in [3.63, 3.8) is 0 Å². The maximum absolute atomic E-state index is 12.1. The first-order chi connectivity index (χ1) is 8.41. The molecule has 1 aromatic rings. The number of hydrogen-bond acceptors (Lipinski definition) is 3. The van der Waals surface area contributed by atoms with Crippen molar-refractivity contribution >= 4 is 5.91 Å². The number of amides is 1. The first-order valence-electron chi connectivity index (χ1n) is 6.12. The fraction of sp³-hybridized carbons (Fsp3) is 0.500. The van der Waals surface area contributed by atoms with E-state index in [0.29, 0.717) is 13.0 Å². The Bertz CT molecular complexity index is 444. The highest BCUT2D eigenvalue weighted by molar-refractivity contribution is 5.83. The van der Waals surface area contributed by atoms with Gasteiger partial charge in [-0.15, -0.1) is 0 Å². The molecule has 1 amide bonds. The van der Waals surface area contributed by atoms with E-state index >= 15 is 0 Å². The molecule has 1 aliphatic heterocycles. The SMILES string of the molecule is CN1CC(N[O-])(c2ccccc2)CC(C)(C)C1=O. The van der Waals surface area contributed by atoms with Crippen LogP contribution in [0, 0.1) is 10.6 Å². The number of likely N-dealkylation sites (N-methyl/N-ethyl adjacent to an activating group) is 1. The second-order valence-corrected chi connectivity index (χ2v) is 5.77. The average Bonchev–Trinajstić information content (AvgIpc) is 2.36. The molecule has 0 radical (unpaired) electrons. The molecule has 2 rings (SSSR count). The highest BCUT2D eigenvalue weighted by Gasteiger charge is 2.46. The van der Waals surface area contributed by atoms with Gasteiger partial charge in [-0.3, -0.25) is 4.79 Å². The van der Waals surface area contributed by atoms with E-state index in [2.05, 4.69) is 5.48 Å². The number of piperidine rings is 1. The number of nitrogens with one attached hydrogen (secondary N) is 1. The van der Waals surface area contributed by atoms with Crippen LogP contribution >= 0.6 is 0 Å². The van der Waals surface area contributed by atoms with E-state index in [1.165, 1.54) is 0 Å². The van der Waals surface area contributed by atoms with Crippen LogP contribution in [0.5, 0.6) is 0 Å². The third kappa shape index (κ3) is 2.02. The lowest BCUT2D eigenvalue weighted by molar-refractivity contribution is -0.146. The van der Waals surface area contributed by atoms with Gasteiger partial charge < -0.3 is 15.6 Å². The Balaban J connectivity index is 2.43. The molecule has 0 spiro atoms. The lowest BCUT2D eigenvalue weighted by atomic mass is 9.71. The van der Waals surface area contributed by atoms with Gasteiger partial charge in [0.15, 0.2) is 0 Å². The highest BCUT2D eigenvalue weighted by atomic mass is 16.5. The molecule has 1 fully saturated rings. The van der Waals surface area contributed by atoms with Gasteiger partial charge in [-0.05, 0) is 12.0 Å². The second-order valence-electron chi connectivity index (χ2n) is 5.77. The molecule has 0 aliphatic carbocycles. The number of hydroxylamine groups is 1. The summed E-state index contributed by atoms with van der Waals surface area (Å²) < 4.78 is 0. The Kier molecular flexibility index (Phi) is 3.17. The lowest BCUT2D eigenvalue weighted by Crippen LogP contribution is -2.59. The minimum Gasteiger partial charge on any atom is -0.787 e. The van der Waals surface area contributed by atoms with E-state index in [1.807, 2.05) is 44.2 Å². The monoisotopic (exact) mass is 247 g/mol. The van der Waals surface area contributed by atoms with E-state index in [4.69, 9.17) is 0 Å². The van der Waals surface area contributed by atoms with Gasteiger partial charge in [0.25, 0.3) is 0 Å². The summed E-state index contributed by atoms with van der Waals surface area (Å²) in [4.78, 5) is 13.7. The summed E-state index contributed by atoms with van der Waals surface area (Å²) in [6.45, 7) is 4.18. The summed E-state index contributed by atoms with van der Waals surface area (Å²) in [7, 11) is 1.75. The largest absolute Gasteiger partial charge is 0.787 e. The van der Waals surface area contributed by atoms with E-state index in [1.54, 1.807) is 11.9 Å². The van der Waals surface area contributed by atoms with Crippen LogP contribution in [-0.2, 0) is 10.3 Å². The maximum Gasteiger partial charge on any atom is 0.228 e. The Morgan fingerprint density at radius 3 is 2.39 bits per heavy atom. The number of benzene rings is 1. The molecule has 1 atom stereocenters. The van der Waals surface area contributed by atoms with E-state index in [9.17, 15) is 10.0 Å². The third-order valence-electron chi connectivity index (χ3n) is 3.70. The summed E-state index contributed by atoms with van der Waals surface area (Å²) in [5.41, 5.74) is 1.91. The number of carbonyl (C=O) groups is 1. The topological polar surface area (TPSA) is 55.4 Å². The molecule has 0 saturated carbocycles. The Morgan fingerprint density at radius 2 is 1.89 bits per heavy atom. The molecule has 1 N–H and O–H groups in total. The molecule has 4 heteroatoms. The normalized spacial score (nSPS) is 27.3. The lowest BCUT2D eigenvalue weighted by Gasteiger charge is -2.50. The van der Waals surface area contributed by atoms with Gasteiger partial charge >= 0.3 is 0 Å². The van der Waals surface area contributed by atoms with Crippen molar-refractivity contribution in [2.24, 2.45) is 5.41 Å². The number of likely N-dealkylation sites (tertiary alicyclic amines) is 1. The van der Waals surface area contributed by atoms with Crippen molar-refractivity contribution in [1.29, 1.82) is 0 Å². The molecule has 18 heavy (non-hydrogen) atoms. The number of hydrogen-bond donors (Lipinski definition) is 1. The molecular formula is C14H19N2O2-. The predicted molar refractivity (Wildman–Crippen MR) is 70.7 cm³/mol. The van der Waals surface area contributed by atoms with Gasteiger partial charge in [0.2, 0.25) is 5.91 Å². The van der Waals surface area contributed by atoms with Crippen molar-refractivity contribution in [2.75, 3.05) is 13.6 Å². The van der Waals surface area contributed by atoms with Crippen molar-refractivity contribution in [2.45, 2.75) is 25.8 Å². The molecule has 1 heterocycles. The van der Waals surface area contributed by atoms with E-state index in [-0.39, 0.29) is 5.91 Å². The summed E-state index contributed by atoms with van der Waals surface area (Å²) >= 11 is 0. The molecule has 4 nitrogen and oxygen atoms in total. The Hall–Kier alpha value is -1.39. The van der Waals surface area contributed by atoms with Crippen LogP contribution in [0.2, 0.25) is 0 Å². The summed E-state index contributed by atoms with van der Waals surface area (Å²) in [6, 6.07) is 9.62. The van der Waals surface area contributed by atoms with Gasteiger partial charge in [0, 0.05) is 19.0 Å². The Labute approximate surface area is 108 Å². The fourth-order valence-corrected chi connectivity index (χ4v) is 2.96. The van der Waals surface area contributed by atoms with Crippen molar-refractivity contribution in [1.82, 2.24) is 10.4 Å². The van der Waals surface area contributed by atoms with Gasteiger partial charge in [-0.1, -0.05) is 44.2 Å². The molecule has 0 aromatic heterocycles. The van der Waals surface area contributed by atoms with Crippen LogP contribution < -0.4 is 5.48 Å². The first-order valence-corrected chi connectivity index (χ1v) is 6.12. The zero-order valence-electron chi connectivity index (χ0n) is 11.1. The van der Waals surface area contributed by atoms with Crippen LogP contribution in [0.3, 0.4) is 0 Å². The molecule has 1 saturated heterocycles. The van der Waals surface area contributed by atoms with Crippen LogP contribution in [0.1, 0.15) is 25.8 Å². The van der Waals surface area contributed by atoms with E-state index in [0.717, 1.165) is 5.56 Å². The van der Waals surface area contributed by atoms with Gasteiger partial charge in [0.1, 0.15) is 0 Å². The summed E-state index contributed by atoms with van der Waals surface area (Å²) in [5.74, 6) is 0.0873. The van der Waals surface area contributed by atoms with E-state index < -0.39 is 11.0 Å². The van der Waals surface area contributed by atoms with Crippen molar-refractivity contribution in [3.05, 3.63) is 41.1 Å². The quantitative estimate of drug-likeness (QED) is 0.811. The van der Waals surface area contributed by atoms with Crippen LogP contribution in [0.25, 0.3) is 0 Å². The zero-order chi connectivity index (χ0) is 13.4. The van der Waals surface area contributed by atoms with Crippen molar-refractivity contribution in [3.8, 4) is 0 Å². The molecular weight excluding hydrogens is 228 g/mol. The maximum atomic E-state index is 12.1. The van der Waals surface area contributed by atoms with Crippen LogP contribution in [0.15, 0.2) is 30.3 Å². The molecule has 0 bridgehead atoms. The first kappa shape index (κ1) is 13.1. The Morgan fingerprint density at radius 1 is 1.28 bits per heavy atom. The third-order valence-corrected chi connectivity index (χ3v) is 3.70. The smallest absolute Gasteiger partial charge is 0.228 e. The molecule has 98 valence electrons. The van der Waals surface area contributed by atoms with Gasteiger partial charge in [-0.25, -0.2) is 0 Å². The minimum atomic E-state index is -0.701. The van der Waals surface area contributed by atoms with Gasteiger partial charge in [0.05, 0.1) is 5.54 Å². The molecule has 1 unspecified atom stereocenters. The van der Waals surface area contributed by atoms with Crippen LogP contribution in [-0.4, -0.2) is 24.4 Å². The zero-order valence-corrected chi connectivity index (χ0v) is 11.1. The predicted octanol–water partition coefficient (Wildman–Crippen LogP) is 1.86. The summed E-state index contributed by atoms with van der Waals surface area (Å²) in [5, 5.41) is 11.6. The number of carbonyl (C=O) groups excluding carboxylic acids is 1. The van der Waals surface area contributed by atoms with Crippen molar-refractivity contribution < 1.29 is 4.79 Å². The number of rotatable bonds is 2. The summed E-state index contributed by atoms with van der Waals surface area (Å²) in [6.07, 6.45) is 0.511. The minimum absolute atomic E-state index is 0.0873. The molecule has 1 aromatic carbocycles. The molecule has 1 aliphatic rings. The number of nitrogens with zero attached hydrogens (tertiary/aromatic N) is 1. The second kappa shape index (κ2) is 4.37. The van der Waals surface area contributed by atoms with Crippen LogP contribution in [0.4, 0.5) is 0 Å². The average molecular weight is 247 g/mol. The fourth-order valence-electron chi connectivity index (χ4n) is 2.96. The standard InChI is InChI=1S/C14H19N2O2/c1-13(2)9-14(15-18,10-16(3)12(13)17)11-7-5-4-6-8-11/h4-8,15H,9-10H2,1-3H3/q-1. The van der Waals surface area contributed by atoms with Gasteiger partial charge in [-0.2, -0.15) is 0 Å². The highest BCUT2D eigenvalue weighted by Crippen LogP contribution is 2.40.